The lowest BCUT2D eigenvalue weighted by Crippen LogP contribution is -2.61. The monoisotopic (exact) mass is 521 g/mol. The molecular weight excluding hydrogens is 486 g/mol. The summed E-state index contributed by atoms with van der Waals surface area (Å²) >= 11 is 1.32. The standard InChI is InChI=1S/C28H29N5O3S.3H2/c34-24(33-28-12-17-9-18(13-28)11-19(10-17)14-28)15-30-25(35)20-4-6-21(7-5-20)26(36)32-27-31-23(16-37-27)22-3-1-2-8-29-22;;;/h1-8,16-19H,9-15H2,(H,30,35)(H,33,34)(H,31,32,36);3*1H. The van der Waals surface area contributed by atoms with Crippen molar-refractivity contribution < 1.29 is 18.7 Å². The number of nitrogens with one attached hydrogen (secondary N) is 3. The number of aromatic nitrogens is 2. The van der Waals surface area contributed by atoms with E-state index in [2.05, 4.69) is 25.9 Å². The van der Waals surface area contributed by atoms with Crippen LogP contribution in [0.1, 0.15) is 63.5 Å². The summed E-state index contributed by atoms with van der Waals surface area (Å²) in [5.74, 6) is 1.46. The van der Waals surface area contributed by atoms with E-state index in [4.69, 9.17) is 0 Å². The van der Waals surface area contributed by atoms with Crippen LogP contribution in [0.3, 0.4) is 0 Å². The fourth-order valence-electron chi connectivity index (χ4n) is 6.77. The number of rotatable bonds is 7. The largest absolute Gasteiger partial charge is 0.349 e. The van der Waals surface area contributed by atoms with Gasteiger partial charge < -0.3 is 10.6 Å². The molecule has 0 aliphatic heterocycles. The molecule has 2 heterocycles. The van der Waals surface area contributed by atoms with Gasteiger partial charge in [0.25, 0.3) is 11.8 Å². The van der Waals surface area contributed by atoms with Crippen molar-refractivity contribution in [2.75, 3.05) is 11.9 Å². The predicted octanol–water partition coefficient (Wildman–Crippen LogP) is 5.01. The quantitative estimate of drug-likeness (QED) is 0.405. The number of benzene rings is 1. The van der Waals surface area contributed by atoms with Crippen LogP contribution in [-0.4, -0.2) is 39.8 Å². The molecule has 4 bridgehead atoms. The van der Waals surface area contributed by atoms with Gasteiger partial charge in [-0.3, -0.25) is 24.7 Å². The molecule has 7 rings (SSSR count). The molecule has 9 heteroatoms. The van der Waals surface area contributed by atoms with E-state index in [9.17, 15) is 14.4 Å². The Kier molecular flexibility index (Phi) is 6.24. The molecule has 8 nitrogen and oxygen atoms in total. The molecule has 3 N–H and O–H groups in total. The van der Waals surface area contributed by atoms with Gasteiger partial charge in [-0.2, -0.15) is 0 Å². The van der Waals surface area contributed by atoms with Gasteiger partial charge in [0.2, 0.25) is 5.91 Å². The van der Waals surface area contributed by atoms with Gasteiger partial charge in [0.15, 0.2) is 5.13 Å². The molecule has 4 aliphatic rings. The summed E-state index contributed by atoms with van der Waals surface area (Å²) in [4.78, 5) is 46.6. The maximum Gasteiger partial charge on any atom is 0.257 e. The molecule has 37 heavy (non-hydrogen) atoms. The van der Waals surface area contributed by atoms with Crippen LogP contribution in [0.4, 0.5) is 5.13 Å². The van der Waals surface area contributed by atoms with E-state index in [1.165, 1.54) is 30.6 Å². The van der Waals surface area contributed by atoms with Crippen LogP contribution in [0.25, 0.3) is 11.4 Å². The van der Waals surface area contributed by atoms with Crippen LogP contribution >= 0.6 is 11.3 Å². The topological polar surface area (TPSA) is 113 Å². The second kappa shape index (κ2) is 9.70. The lowest BCUT2D eigenvalue weighted by Gasteiger charge is -2.56. The number of pyridine rings is 1. The van der Waals surface area contributed by atoms with E-state index in [0.29, 0.717) is 22.0 Å². The second-order valence-electron chi connectivity index (χ2n) is 10.7. The van der Waals surface area contributed by atoms with Gasteiger partial charge in [-0.1, -0.05) is 6.07 Å². The van der Waals surface area contributed by atoms with E-state index in [1.54, 1.807) is 30.5 Å². The molecule has 3 aromatic rings. The first-order valence-electron chi connectivity index (χ1n) is 12.8. The first-order chi connectivity index (χ1) is 17.9. The number of hydrogen-bond acceptors (Lipinski definition) is 6. The van der Waals surface area contributed by atoms with E-state index in [-0.39, 0.29) is 34.1 Å². The minimum Gasteiger partial charge on any atom is -0.349 e. The van der Waals surface area contributed by atoms with Gasteiger partial charge in [0.1, 0.15) is 5.69 Å². The molecule has 4 fully saturated rings. The lowest BCUT2D eigenvalue weighted by molar-refractivity contribution is -0.125. The third-order valence-corrected chi connectivity index (χ3v) is 8.67. The number of carbonyl (C=O) groups excluding carboxylic acids is 3. The van der Waals surface area contributed by atoms with Crippen molar-refractivity contribution in [1.82, 2.24) is 20.6 Å². The summed E-state index contributed by atoms with van der Waals surface area (Å²) < 4.78 is 0. The summed E-state index contributed by atoms with van der Waals surface area (Å²) in [6, 6.07) is 11.9. The highest BCUT2D eigenvalue weighted by molar-refractivity contribution is 7.14. The number of anilines is 1. The average molecular weight is 522 g/mol. The van der Waals surface area contributed by atoms with Gasteiger partial charge in [-0.15, -0.1) is 11.3 Å². The van der Waals surface area contributed by atoms with Crippen LogP contribution in [0.2, 0.25) is 0 Å². The SMILES string of the molecule is O=C(CNC(=O)c1ccc(C(=O)Nc2nc(-c3ccccn3)cs2)cc1)NC12CC3CC(CC(C3)C1)C2.[HH].[HH].[HH]. The molecule has 1 aromatic carbocycles. The fourth-order valence-corrected chi connectivity index (χ4v) is 7.47. The molecule has 196 valence electrons. The molecule has 3 amide bonds. The van der Waals surface area contributed by atoms with Gasteiger partial charge in [0.05, 0.1) is 12.2 Å². The summed E-state index contributed by atoms with van der Waals surface area (Å²) in [5.41, 5.74) is 2.17. The van der Waals surface area contributed by atoms with Crippen molar-refractivity contribution in [2.24, 2.45) is 17.8 Å². The predicted molar refractivity (Wildman–Crippen MR) is 147 cm³/mol. The summed E-state index contributed by atoms with van der Waals surface area (Å²) in [7, 11) is 0. The third-order valence-electron chi connectivity index (χ3n) is 7.91. The number of hydrogen-bond donors (Lipinski definition) is 3. The van der Waals surface area contributed by atoms with Crippen molar-refractivity contribution in [3.8, 4) is 11.4 Å². The fraction of sp³-hybridized carbons (Fsp3) is 0.393. The Bertz CT molecular complexity index is 1300. The van der Waals surface area contributed by atoms with Crippen LogP contribution in [-0.2, 0) is 4.79 Å². The Morgan fingerprint density at radius 1 is 0.892 bits per heavy atom. The molecule has 0 saturated heterocycles. The van der Waals surface area contributed by atoms with Crippen molar-refractivity contribution in [3.63, 3.8) is 0 Å². The Hall–Kier alpha value is -3.59. The molecule has 0 spiro atoms. The minimum atomic E-state index is -0.340. The van der Waals surface area contributed by atoms with Gasteiger partial charge in [-0.25, -0.2) is 4.98 Å². The molecule has 0 atom stereocenters. The second-order valence-corrected chi connectivity index (χ2v) is 11.6. The van der Waals surface area contributed by atoms with Crippen LogP contribution < -0.4 is 16.0 Å². The van der Waals surface area contributed by atoms with E-state index < -0.39 is 0 Å². The Morgan fingerprint density at radius 3 is 2.16 bits per heavy atom. The van der Waals surface area contributed by atoms with Gasteiger partial charge in [-0.05, 0) is 92.7 Å². The molecule has 0 unspecified atom stereocenters. The Morgan fingerprint density at radius 2 is 1.54 bits per heavy atom. The average Bonchev–Trinajstić information content (AvgIpc) is 3.35. The van der Waals surface area contributed by atoms with Crippen molar-refractivity contribution in [1.29, 1.82) is 0 Å². The minimum absolute atomic E-state index is 0. The number of thiazole rings is 1. The lowest BCUT2D eigenvalue weighted by atomic mass is 9.53. The van der Waals surface area contributed by atoms with Gasteiger partial charge in [0, 0.05) is 32.5 Å². The smallest absolute Gasteiger partial charge is 0.257 e. The number of amides is 3. The highest BCUT2D eigenvalue weighted by atomic mass is 32.1. The zero-order valence-electron chi connectivity index (χ0n) is 20.4. The summed E-state index contributed by atoms with van der Waals surface area (Å²) in [5, 5.41) is 11.1. The van der Waals surface area contributed by atoms with Crippen molar-refractivity contribution in [3.05, 3.63) is 65.2 Å². The Balaban J connectivity index is 0.00000147. The molecule has 0 radical (unpaired) electrons. The first-order valence-corrected chi connectivity index (χ1v) is 13.7. The Labute approximate surface area is 223 Å². The normalized spacial score (nSPS) is 25.5. The third kappa shape index (κ3) is 5.13. The van der Waals surface area contributed by atoms with Crippen molar-refractivity contribution >= 4 is 34.2 Å². The number of nitrogens with zero attached hydrogens (tertiary/aromatic N) is 2. The zero-order valence-corrected chi connectivity index (χ0v) is 21.2. The van der Waals surface area contributed by atoms with E-state index in [0.717, 1.165) is 42.7 Å². The van der Waals surface area contributed by atoms with Gasteiger partial charge >= 0.3 is 0 Å². The molecule has 2 aromatic heterocycles. The highest BCUT2D eigenvalue weighted by Crippen LogP contribution is 2.55. The van der Waals surface area contributed by atoms with E-state index >= 15 is 0 Å². The maximum atomic E-state index is 12.7. The highest BCUT2D eigenvalue weighted by Gasteiger charge is 2.51. The molecular formula is C28H35N5O3S. The van der Waals surface area contributed by atoms with E-state index in [1.807, 2.05) is 23.6 Å². The molecule has 4 aliphatic carbocycles. The zero-order chi connectivity index (χ0) is 25.4. The maximum absolute atomic E-state index is 12.7. The number of carbonyl (C=O) groups is 3. The summed E-state index contributed by atoms with van der Waals surface area (Å²) in [6.45, 7) is -0.0501. The van der Waals surface area contributed by atoms with Crippen LogP contribution in [0, 0.1) is 17.8 Å². The van der Waals surface area contributed by atoms with Crippen molar-refractivity contribution in [2.45, 2.75) is 44.1 Å². The van der Waals surface area contributed by atoms with Crippen LogP contribution in [0.5, 0.6) is 0 Å². The first kappa shape index (κ1) is 23.8. The molecule has 4 saturated carbocycles. The summed E-state index contributed by atoms with van der Waals surface area (Å²) in [6.07, 6.45) is 8.87. The van der Waals surface area contributed by atoms with Crippen LogP contribution in [0.15, 0.2) is 54.0 Å².